The minimum atomic E-state index is 0.463. The molecule has 3 nitrogen and oxygen atoms in total. The number of nitrogens with two attached hydrogens (primary N) is 1. The van der Waals surface area contributed by atoms with Crippen molar-refractivity contribution in [2.24, 2.45) is 0 Å². The van der Waals surface area contributed by atoms with Crippen LogP contribution in [0, 0.1) is 0 Å². The van der Waals surface area contributed by atoms with E-state index in [0.717, 1.165) is 33.6 Å². The molecule has 3 aromatic rings. The number of anilines is 1. The Morgan fingerprint density at radius 2 is 2.00 bits per heavy atom. The Morgan fingerprint density at radius 3 is 2.84 bits per heavy atom. The highest BCUT2D eigenvalue weighted by atomic mass is 35.5. The molecule has 0 spiro atoms. The summed E-state index contributed by atoms with van der Waals surface area (Å²) in [6.07, 6.45) is 2.42. The van der Waals surface area contributed by atoms with Crippen molar-refractivity contribution in [2.75, 3.05) is 5.73 Å². The molecule has 0 radical (unpaired) electrons. The van der Waals surface area contributed by atoms with Gasteiger partial charge in [0.05, 0.1) is 0 Å². The van der Waals surface area contributed by atoms with E-state index in [0.29, 0.717) is 5.82 Å². The molecule has 0 fully saturated rings. The smallest absolute Gasteiger partial charge is 0.149 e. The topological polar surface area (TPSA) is 51.8 Å². The average Bonchev–Trinajstić information content (AvgIpc) is 2.40. The first kappa shape index (κ1) is 11.9. The van der Waals surface area contributed by atoms with Crippen LogP contribution in [-0.4, -0.2) is 9.97 Å². The molecule has 2 N–H and O–H groups in total. The Bertz CT molecular complexity index is 740. The molecule has 0 atom stereocenters. The average molecular weight is 270 g/mol. The molecular weight excluding hydrogens is 258 g/mol. The van der Waals surface area contributed by atoms with Crippen LogP contribution in [0.15, 0.2) is 48.7 Å². The molecule has 94 valence electrons. The first-order valence-electron chi connectivity index (χ1n) is 5.97. The maximum Gasteiger partial charge on any atom is 0.149 e. The van der Waals surface area contributed by atoms with Gasteiger partial charge in [-0.15, -0.1) is 0 Å². The summed E-state index contributed by atoms with van der Waals surface area (Å²) in [4.78, 5) is 8.63. The van der Waals surface area contributed by atoms with Crippen LogP contribution in [-0.2, 0) is 6.42 Å². The first-order chi connectivity index (χ1) is 9.22. The second-order valence-electron chi connectivity index (χ2n) is 4.38. The second kappa shape index (κ2) is 4.86. The molecule has 1 aromatic carbocycles. The number of nitrogen functional groups attached to an aromatic ring is 1. The number of nitrogens with zero attached hydrogens (tertiary/aromatic N) is 2. The fourth-order valence-electron chi connectivity index (χ4n) is 2.06. The molecule has 2 heterocycles. The molecule has 0 bridgehead atoms. The normalized spacial score (nSPS) is 10.8. The number of halogens is 1. The predicted octanol–water partition coefficient (Wildman–Crippen LogP) is 3.46. The number of hydrogen-bond acceptors (Lipinski definition) is 3. The third-order valence-electron chi connectivity index (χ3n) is 2.97. The van der Waals surface area contributed by atoms with Crippen LogP contribution in [0.1, 0.15) is 11.3 Å². The van der Waals surface area contributed by atoms with E-state index in [1.165, 1.54) is 0 Å². The summed E-state index contributed by atoms with van der Waals surface area (Å²) in [5, 5.41) is 1.74. The van der Waals surface area contributed by atoms with E-state index in [1.807, 2.05) is 42.5 Å². The maximum atomic E-state index is 5.98. The lowest BCUT2D eigenvalue weighted by Gasteiger charge is -2.05. The van der Waals surface area contributed by atoms with Crippen molar-refractivity contribution in [3.63, 3.8) is 0 Å². The van der Waals surface area contributed by atoms with Gasteiger partial charge in [-0.3, -0.25) is 0 Å². The Kier molecular flexibility index (Phi) is 3.05. The number of hydrogen-bond donors (Lipinski definition) is 1. The highest BCUT2D eigenvalue weighted by Crippen LogP contribution is 2.19. The van der Waals surface area contributed by atoms with E-state index >= 15 is 0 Å². The number of benzene rings is 1. The highest BCUT2D eigenvalue weighted by molar-refractivity contribution is 6.30. The van der Waals surface area contributed by atoms with Crippen LogP contribution in [0.5, 0.6) is 0 Å². The Hall–Kier alpha value is -2.13. The zero-order chi connectivity index (χ0) is 13.2. The maximum absolute atomic E-state index is 5.98. The number of aromatic nitrogens is 2. The van der Waals surface area contributed by atoms with Gasteiger partial charge in [0.1, 0.15) is 11.3 Å². The second-order valence-corrected chi connectivity index (χ2v) is 4.81. The zero-order valence-corrected chi connectivity index (χ0v) is 10.9. The largest absolute Gasteiger partial charge is 0.382 e. The fraction of sp³-hybridized carbons (Fsp3) is 0.0667. The number of pyridine rings is 2. The van der Waals surface area contributed by atoms with Crippen LogP contribution in [0.2, 0.25) is 5.02 Å². The first-order valence-corrected chi connectivity index (χ1v) is 6.35. The lowest BCUT2D eigenvalue weighted by atomic mass is 10.1. The van der Waals surface area contributed by atoms with Crippen molar-refractivity contribution < 1.29 is 0 Å². The van der Waals surface area contributed by atoms with E-state index in [4.69, 9.17) is 17.3 Å². The summed E-state index contributed by atoms with van der Waals surface area (Å²) in [7, 11) is 0. The predicted molar refractivity (Wildman–Crippen MR) is 78.2 cm³/mol. The summed E-state index contributed by atoms with van der Waals surface area (Å²) in [6, 6.07) is 13.7. The molecule has 0 aliphatic carbocycles. The van der Waals surface area contributed by atoms with Crippen LogP contribution in [0.3, 0.4) is 0 Å². The van der Waals surface area contributed by atoms with E-state index < -0.39 is 0 Å². The summed E-state index contributed by atoms with van der Waals surface area (Å²) in [5.41, 5.74) is 8.68. The monoisotopic (exact) mass is 269 g/mol. The molecule has 0 saturated heterocycles. The van der Waals surface area contributed by atoms with Crippen molar-refractivity contribution >= 4 is 28.3 Å². The fourth-order valence-corrected chi connectivity index (χ4v) is 2.28. The van der Waals surface area contributed by atoms with Crippen molar-refractivity contribution in [3.8, 4) is 0 Å². The standard InChI is InChI=1S/C15H12ClN3/c16-12-3-1-2-10(8-12)9-13-5-4-11-6-7-18-15(17)14(11)19-13/h1-8H,9H2,(H2,17,18). The number of fused-ring (bicyclic) bond motifs is 1. The van der Waals surface area contributed by atoms with E-state index in [2.05, 4.69) is 9.97 Å². The van der Waals surface area contributed by atoms with Gasteiger partial charge < -0.3 is 5.73 Å². The van der Waals surface area contributed by atoms with Gasteiger partial charge in [0.25, 0.3) is 0 Å². The van der Waals surface area contributed by atoms with E-state index in [-0.39, 0.29) is 0 Å². The van der Waals surface area contributed by atoms with Gasteiger partial charge in [0, 0.05) is 28.7 Å². The van der Waals surface area contributed by atoms with Crippen LogP contribution in [0.25, 0.3) is 10.9 Å². The molecule has 3 rings (SSSR count). The quantitative estimate of drug-likeness (QED) is 0.775. The molecule has 0 unspecified atom stereocenters. The Morgan fingerprint density at radius 1 is 1.11 bits per heavy atom. The van der Waals surface area contributed by atoms with Gasteiger partial charge in [-0.2, -0.15) is 0 Å². The number of rotatable bonds is 2. The minimum absolute atomic E-state index is 0.463. The summed E-state index contributed by atoms with van der Waals surface area (Å²) in [5.74, 6) is 0.463. The molecule has 0 aliphatic rings. The van der Waals surface area contributed by atoms with Crippen LogP contribution in [0.4, 0.5) is 5.82 Å². The third kappa shape index (κ3) is 2.51. The van der Waals surface area contributed by atoms with Crippen LogP contribution >= 0.6 is 11.6 Å². The van der Waals surface area contributed by atoms with Gasteiger partial charge in [0.2, 0.25) is 0 Å². The lowest BCUT2D eigenvalue weighted by molar-refractivity contribution is 1.10. The van der Waals surface area contributed by atoms with Gasteiger partial charge in [0.15, 0.2) is 0 Å². The van der Waals surface area contributed by atoms with Gasteiger partial charge in [-0.25, -0.2) is 9.97 Å². The van der Waals surface area contributed by atoms with E-state index in [9.17, 15) is 0 Å². The van der Waals surface area contributed by atoms with Crippen molar-refractivity contribution in [1.29, 1.82) is 0 Å². The molecule has 0 aliphatic heterocycles. The zero-order valence-electron chi connectivity index (χ0n) is 10.2. The SMILES string of the molecule is Nc1nccc2ccc(Cc3cccc(Cl)c3)nc12. The summed E-state index contributed by atoms with van der Waals surface area (Å²) in [6.45, 7) is 0. The van der Waals surface area contributed by atoms with Gasteiger partial charge in [-0.05, 0) is 29.8 Å². The molecule has 0 amide bonds. The van der Waals surface area contributed by atoms with Gasteiger partial charge >= 0.3 is 0 Å². The van der Waals surface area contributed by atoms with Crippen molar-refractivity contribution in [2.45, 2.75) is 6.42 Å². The molecule has 2 aromatic heterocycles. The molecule has 0 saturated carbocycles. The Balaban J connectivity index is 2.00. The lowest BCUT2D eigenvalue weighted by Crippen LogP contribution is -1.97. The van der Waals surface area contributed by atoms with E-state index in [1.54, 1.807) is 6.20 Å². The third-order valence-corrected chi connectivity index (χ3v) is 3.20. The molecular formula is C15H12ClN3. The highest BCUT2D eigenvalue weighted by Gasteiger charge is 2.03. The minimum Gasteiger partial charge on any atom is -0.382 e. The summed E-state index contributed by atoms with van der Waals surface area (Å²) < 4.78 is 0. The molecule has 19 heavy (non-hydrogen) atoms. The van der Waals surface area contributed by atoms with Gasteiger partial charge in [-0.1, -0.05) is 29.8 Å². The van der Waals surface area contributed by atoms with Crippen molar-refractivity contribution in [3.05, 3.63) is 64.9 Å². The van der Waals surface area contributed by atoms with Crippen molar-refractivity contribution in [1.82, 2.24) is 9.97 Å². The molecule has 4 heteroatoms. The Labute approximate surface area is 116 Å². The summed E-state index contributed by atoms with van der Waals surface area (Å²) >= 11 is 5.98. The van der Waals surface area contributed by atoms with Crippen LogP contribution < -0.4 is 5.73 Å².